The zero-order valence-corrected chi connectivity index (χ0v) is 11.0. The Bertz CT molecular complexity index is 477. The number of hydrogen-bond donors (Lipinski definition) is 2. The second-order valence-corrected chi connectivity index (χ2v) is 5.82. The Morgan fingerprint density at radius 3 is 2.84 bits per heavy atom. The van der Waals surface area contributed by atoms with Crippen LogP contribution in [0.4, 0.5) is 4.39 Å². The van der Waals surface area contributed by atoms with Crippen LogP contribution in [0, 0.1) is 11.2 Å². The van der Waals surface area contributed by atoms with E-state index in [1.165, 1.54) is 12.1 Å². The van der Waals surface area contributed by atoms with Gasteiger partial charge < -0.3 is 15.6 Å². The summed E-state index contributed by atoms with van der Waals surface area (Å²) in [5.41, 5.74) is 4.68. The first kappa shape index (κ1) is 13.0. The van der Waals surface area contributed by atoms with E-state index in [2.05, 4.69) is 4.98 Å². The lowest BCUT2D eigenvalue weighted by atomic mass is 9.62. The molecule has 0 aliphatic carbocycles. The van der Waals surface area contributed by atoms with Crippen molar-refractivity contribution < 1.29 is 14.2 Å². The Morgan fingerprint density at radius 2 is 2.37 bits per heavy atom. The first-order valence-electron chi connectivity index (χ1n) is 6.69. The van der Waals surface area contributed by atoms with Crippen LogP contribution in [0.5, 0.6) is 0 Å². The molecule has 0 saturated carbocycles. The summed E-state index contributed by atoms with van der Waals surface area (Å²) in [7, 11) is 0. The zero-order chi connectivity index (χ0) is 13.7. The average molecular weight is 266 g/mol. The van der Waals surface area contributed by atoms with Gasteiger partial charge in [0.25, 0.3) is 0 Å². The molecule has 1 aromatic heterocycles. The summed E-state index contributed by atoms with van der Waals surface area (Å²) in [5, 5.41) is 11.0. The van der Waals surface area contributed by atoms with Crippen LogP contribution in [-0.2, 0) is 10.3 Å². The SMILES string of the molecule is CC(O)(c1ccc(F)cn1)C1(CN)CC2CCC1O2. The van der Waals surface area contributed by atoms with Crippen molar-refractivity contribution >= 4 is 0 Å². The number of rotatable bonds is 3. The molecule has 3 N–H and O–H groups in total. The maximum Gasteiger partial charge on any atom is 0.141 e. The van der Waals surface area contributed by atoms with E-state index in [-0.39, 0.29) is 12.2 Å². The van der Waals surface area contributed by atoms with E-state index in [1.54, 1.807) is 6.92 Å². The molecular formula is C14H19FN2O2. The molecule has 2 aliphatic rings. The fourth-order valence-corrected chi connectivity index (χ4v) is 3.64. The summed E-state index contributed by atoms with van der Waals surface area (Å²) >= 11 is 0. The number of aliphatic hydroxyl groups is 1. The molecule has 2 fully saturated rings. The van der Waals surface area contributed by atoms with Crippen molar-refractivity contribution in [3.63, 3.8) is 0 Å². The monoisotopic (exact) mass is 266 g/mol. The van der Waals surface area contributed by atoms with Gasteiger partial charge in [-0.05, 0) is 38.3 Å². The van der Waals surface area contributed by atoms with Crippen molar-refractivity contribution in [1.82, 2.24) is 4.98 Å². The Labute approximate surface area is 111 Å². The highest BCUT2D eigenvalue weighted by atomic mass is 19.1. The Kier molecular flexibility index (Phi) is 2.89. The minimum Gasteiger partial charge on any atom is -0.383 e. The van der Waals surface area contributed by atoms with Gasteiger partial charge in [-0.25, -0.2) is 4.39 Å². The number of hydrogen-bond acceptors (Lipinski definition) is 4. The van der Waals surface area contributed by atoms with Gasteiger partial charge in [-0.1, -0.05) is 0 Å². The molecule has 3 heterocycles. The van der Waals surface area contributed by atoms with Crippen molar-refractivity contribution in [1.29, 1.82) is 0 Å². The minimum absolute atomic E-state index is 0.0376. The van der Waals surface area contributed by atoms with E-state index in [1.807, 2.05) is 0 Å². The van der Waals surface area contributed by atoms with Crippen molar-refractivity contribution in [2.24, 2.45) is 11.1 Å². The average Bonchev–Trinajstić information content (AvgIpc) is 3.00. The summed E-state index contributed by atoms with van der Waals surface area (Å²) in [6.45, 7) is 2.05. The summed E-state index contributed by atoms with van der Waals surface area (Å²) in [6.07, 6.45) is 3.95. The lowest BCUT2D eigenvalue weighted by Gasteiger charge is -2.45. The first-order chi connectivity index (χ1) is 8.99. The van der Waals surface area contributed by atoms with Crippen molar-refractivity contribution in [3.8, 4) is 0 Å². The van der Waals surface area contributed by atoms with Gasteiger partial charge >= 0.3 is 0 Å². The lowest BCUT2D eigenvalue weighted by molar-refractivity contribution is -0.108. The van der Waals surface area contributed by atoms with Gasteiger partial charge in [0.15, 0.2) is 0 Å². The molecule has 1 aromatic rings. The summed E-state index contributed by atoms with van der Waals surface area (Å²) in [6, 6.07) is 2.84. The highest BCUT2D eigenvalue weighted by Gasteiger charge is 2.61. The van der Waals surface area contributed by atoms with Crippen molar-refractivity contribution in [2.75, 3.05) is 6.54 Å². The molecule has 4 nitrogen and oxygen atoms in total. The highest BCUT2D eigenvalue weighted by molar-refractivity contribution is 5.22. The molecule has 2 bridgehead atoms. The number of nitrogens with zero attached hydrogens (tertiary/aromatic N) is 1. The van der Waals surface area contributed by atoms with Crippen molar-refractivity contribution in [3.05, 3.63) is 29.8 Å². The molecule has 0 aromatic carbocycles. The van der Waals surface area contributed by atoms with Gasteiger partial charge in [0.1, 0.15) is 11.4 Å². The molecular weight excluding hydrogens is 247 g/mol. The number of fused-ring (bicyclic) bond motifs is 2. The third kappa shape index (κ3) is 1.72. The molecule has 0 spiro atoms. The highest BCUT2D eigenvalue weighted by Crippen LogP contribution is 2.55. The number of ether oxygens (including phenoxy) is 1. The lowest BCUT2D eigenvalue weighted by Crippen LogP contribution is -2.54. The predicted molar refractivity (Wildman–Crippen MR) is 67.8 cm³/mol. The van der Waals surface area contributed by atoms with Crippen LogP contribution in [0.15, 0.2) is 18.3 Å². The summed E-state index contributed by atoms with van der Waals surface area (Å²) in [5.74, 6) is -0.412. The maximum absolute atomic E-state index is 13.0. The number of aromatic nitrogens is 1. The van der Waals surface area contributed by atoms with Crippen LogP contribution in [0.2, 0.25) is 0 Å². The van der Waals surface area contributed by atoms with Crippen LogP contribution in [0.25, 0.3) is 0 Å². The number of pyridine rings is 1. The third-order valence-electron chi connectivity index (χ3n) is 4.88. The molecule has 4 atom stereocenters. The van der Waals surface area contributed by atoms with Gasteiger partial charge in [0, 0.05) is 12.0 Å². The van der Waals surface area contributed by atoms with Crippen LogP contribution in [0.1, 0.15) is 31.9 Å². The maximum atomic E-state index is 13.0. The fourth-order valence-electron chi connectivity index (χ4n) is 3.64. The van der Waals surface area contributed by atoms with Crippen molar-refractivity contribution in [2.45, 2.75) is 44.0 Å². The van der Waals surface area contributed by atoms with Gasteiger partial charge in [0.05, 0.1) is 24.1 Å². The first-order valence-corrected chi connectivity index (χ1v) is 6.69. The van der Waals surface area contributed by atoms with E-state index < -0.39 is 16.8 Å². The molecule has 104 valence electrons. The number of halogens is 1. The van der Waals surface area contributed by atoms with Crippen LogP contribution in [-0.4, -0.2) is 28.8 Å². The van der Waals surface area contributed by atoms with Gasteiger partial charge in [-0.2, -0.15) is 0 Å². The largest absolute Gasteiger partial charge is 0.383 e. The van der Waals surface area contributed by atoms with E-state index in [4.69, 9.17) is 10.5 Å². The normalized spacial score (nSPS) is 36.4. The van der Waals surface area contributed by atoms with Gasteiger partial charge in [0.2, 0.25) is 0 Å². The molecule has 2 saturated heterocycles. The quantitative estimate of drug-likeness (QED) is 0.866. The minimum atomic E-state index is -1.21. The molecule has 2 aliphatic heterocycles. The van der Waals surface area contributed by atoms with Crippen LogP contribution < -0.4 is 5.73 Å². The molecule has 4 unspecified atom stereocenters. The fraction of sp³-hybridized carbons (Fsp3) is 0.643. The molecule has 3 rings (SSSR count). The van der Waals surface area contributed by atoms with Gasteiger partial charge in [-0.3, -0.25) is 4.98 Å². The third-order valence-corrected chi connectivity index (χ3v) is 4.88. The van der Waals surface area contributed by atoms with Gasteiger partial charge in [-0.15, -0.1) is 0 Å². The van der Waals surface area contributed by atoms with E-state index in [0.29, 0.717) is 12.2 Å². The Morgan fingerprint density at radius 1 is 1.58 bits per heavy atom. The smallest absolute Gasteiger partial charge is 0.141 e. The number of nitrogens with two attached hydrogens (primary N) is 1. The second kappa shape index (κ2) is 4.23. The zero-order valence-electron chi connectivity index (χ0n) is 11.0. The molecule has 0 radical (unpaired) electrons. The Hall–Kier alpha value is -1.04. The topological polar surface area (TPSA) is 68.4 Å². The van der Waals surface area contributed by atoms with E-state index >= 15 is 0 Å². The molecule has 0 amide bonds. The second-order valence-electron chi connectivity index (χ2n) is 5.82. The van der Waals surface area contributed by atoms with E-state index in [9.17, 15) is 9.50 Å². The molecule has 19 heavy (non-hydrogen) atoms. The Balaban J connectivity index is 2.00. The van der Waals surface area contributed by atoms with Crippen LogP contribution >= 0.6 is 0 Å². The van der Waals surface area contributed by atoms with E-state index in [0.717, 1.165) is 25.5 Å². The predicted octanol–water partition coefficient (Wildman–Crippen LogP) is 1.32. The van der Waals surface area contributed by atoms with Crippen LogP contribution in [0.3, 0.4) is 0 Å². The summed E-state index contributed by atoms with van der Waals surface area (Å²) < 4.78 is 18.9. The standard InChI is InChI=1S/C14H19FN2O2/c1-13(18,11-4-2-9(15)7-17-11)14(8-16)6-10-3-5-12(14)19-10/h2,4,7,10,12,18H,3,5-6,8,16H2,1H3. The molecule has 5 heteroatoms. The summed E-state index contributed by atoms with van der Waals surface area (Å²) in [4.78, 5) is 4.03.